The number of halogens is 1. The van der Waals surface area contributed by atoms with Crippen molar-refractivity contribution >= 4 is 17.3 Å². The van der Waals surface area contributed by atoms with Crippen LogP contribution in [-0.2, 0) is 0 Å². The topological polar surface area (TPSA) is 63.6 Å². The Morgan fingerprint density at radius 2 is 1.48 bits per heavy atom. The van der Waals surface area contributed by atoms with Crippen molar-refractivity contribution < 1.29 is 24.1 Å². The summed E-state index contributed by atoms with van der Waals surface area (Å²) in [6, 6.07) is 7.78. The molecule has 2 aromatic carbocycles. The molecule has 0 radical (unpaired) electrons. The number of hydrogen-bond acceptors (Lipinski definition) is 7. The van der Waals surface area contributed by atoms with E-state index >= 15 is 0 Å². The maximum Gasteiger partial charge on any atom is 0.203 e. The van der Waals surface area contributed by atoms with Gasteiger partial charge in [-0.05, 0) is 43.5 Å². The molecule has 0 aliphatic carbocycles. The van der Waals surface area contributed by atoms with E-state index < -0.39 is 6.10 Å². The lowest BCUT2D eigenvalue weighted by Crippen LogP contribution is -2.47. The first kappa shape index (κ1) is 25.3. The zero-order valence-electron chi connectivity index (χ0n) is 20.2. The molecule has 0 spiro atoms. The molecular weight excluding hydrogens is 444 g/mol. The molecule has 0 saturated carbocycles. The Balaban J connectivity index is 1.47. The summed E-state index contributed by atoms with van der Waals surface area (Å²) < 4.78 is 22.2. The van der Waals surface area contributed by atoms with E-state index in [9.17, 15) is 5.11 Å². The molecule has 7 nitrogen and oxygen atoms in total. The molecule has 8 heteroatoms. The van der Waals surface area contributed by atoms with Crippen LogP contribution in [0.4, 0.5) is 5.69 Å². The van der Waals surface area contributed by atoms with Gasteiger partial charge in [-0.15, -0.1) is 0 Å². The van der Waals surface area contributed by atoms with E-state index in [1.54, 1.807) is 21.3 Å². The molecule has 1 aliphatic rings. The van der Waals surface area contributed by atoms with Crippen LogP contribution in [0.5, 0.6) is 23.0 Å². The quantitative estimate of drug-likeness (QED) is 0.555. The van der Waals surface area contributed by atoms with Crippen molar-refractivity contribution in [3.05, 3.63) is 40.4 Å². The van der Waals surface area contributed by atoms with Gasteiger partial charge < -0.3 is 29.0 Å². The summed E-state index contributed by atoms with van der Waals surface area (Å²) in [5, 5.41) is 11.2. The van der Waals surface area contributed by atoms with E-state index in [-0.39, 0.29) is 6.61 Å². The molecule has 0 aromatic heterocycles. The van der Waals surface area contributed by atoms with Gasteiger partial charge in [0.15, 0.2) is 11.5 Å². The molecule has 1 unspecified atom stereocenters. The predicted octanol–water partition coefficient (Wildman–Crippen LogP) is 3.93. The van der Waals surface area contributed by atoms with E-state index in [0.29, 0.717) is 23.7 Å². The monoisotopic (exact) mass is 478 g/mol. The van der Waals surface area contributed by atoms with Gasteiger partial charge >= 0.3 is 0 Å². The van der Waals surface area contributed by atoms with Gasteiger partial charge in [-0.2, -0.15) is 0 Å². The molecule has 1 aliphatic heterocycles. The maximum absolute atomic E-state index is 10.4. The van der Waals surface area contributed by atoms with Crippen LogP contribution in [0.3, 0.4) is 0 Å². The van der Waals surface area contributed by atoms with E-state index in [2.05, 4.69) is 9.80 Å². The SMILES string of the molecule is COc1cc(N2CCN(CCC(O)COc3cc(C)c(Cl)c(C)c3)CC2)cc(OC)c1OC. The van der Waals surface area contributed by atoms with Gasteiger partial charge in [-0.3, -0.25) is 4.90 Å². The average Bonchev–Trinajstić information content (AvgIpc) is 2.83. The number of aliphatic hydroxyl groups is 1. The van der Waals surface area contributed by atoms with Crippen molar-refractivity contribution in [2.45, 2.75) is 26.4 Å². The Hall–Kier alpha value is -2.35. The number of benzene rings is 2. The van der Waals surface area contributed by atoms with Crippen LogP contribution in [0, 0.1) is 13.8 Å². The van der Waals surface area contributed by atoms with Crippen LogP contribution in [-0.4, -0.2) is 76.8 Å². The number of ether oxygens (including phenoxy) is 4. The number of anilines is 1. The molecule has 0 bridgehead atoms. The second kappa shape index (κ2) is 11.7. The Labute approximate surface area is 201 Å². The van der Waals surface area contributed by atoms with Gasteiger partial charge in [0.1, 0.15) is 12.4 Å². The van der Waals surface area contributed by atoms with Gasteiger partial charge in [0, 0.05) is 55.6 Å². The van der Waals surface area contributed by atoms with Gasteiger partial charge in [0.25, 0.3) is 0 Å². The predicted molar refractivity (Wildman–Crippen MR) is 132 cm³/mol. The summed E-state index contributed by atoms with van der Waals surface area (Å²) in [5.74, 6) is 2.65. The highest BCUT2D eigenvalue weighted by Gasteiger charge is 2.21. The summed E-state index contributed by atoms with van der Waals surface area (Å²) >= 11 is 6.21. The number of nitrogens with zero attached hydrogens (tertiary/aromatic N) is 2. The molecule has 2 aromatic rings. The number of aliphatic hydroxyl groups excluding tert-OH is 1. The third-order valence-electron chi connectivity index (χ3n) is 6.02. The Bertz CT molecular complexity index is 883. The third kappa shape index (κ3) is 6.37. The van der Waals surface area contributed by atoms with Crippen molar-refractivity contribution in [3.8, 4) is 23.0 Å². The summed E-state index contributed by atoms with van der Waals surface area (Å²) in [6.07, 6.45) is 0.143. The van der Waals surface area contributed by atoms with E-state index in [1.807, 2.05) is 38.1 Å². The van der Waals surface area contributed by atoms with Crippen LogP contribution >= 0.6 is 11.6 Å². The lowest BCUT2D eigenvalue weighted by molar-refractivity contribution is 0.0866. The molecule has 1 atom stereocenters. The zero-order valence-corrected chi connectivity index (χ0v) is 20.9. The summed E-state index contributed by atoms with van der Waals surface area (Å²) in [5.41, 5.74) is 3.00. The zero-order chi connectivity index (χ0) is 24.0. The van der Waals surface area contributed by atoms with Crippen molar-refractivity contribution in [2.75, 3.05) is 65.6 Å². The van der Waals surface area contributed by atoms with Crippen molar-refractivity contribution in [3.63, 3.8) is 0 Å². The lowest BCUT2D eigenvalue weighted by Gasteiger charge is -2.36. The molecule has 0 amide bonds. The maximum atomic E-state index is 10.4. The minimum absolute atomic E-state index is 0.270. The van der Waals surface area contributed by atoms with Crippen molar-refractivity contribution in [2.24, 2.45) is 0 Å². The highest BCUT2D eigenvalue weighted by Crippen LogP contribution is 2.41. The van der Waals surface area contributed by atoms with Crippen LogP contribution < -0.4 is 23.8 Å². The molecule has 33 heavy (non-hydrogen) atoms. The Morgan fingerprint density at radius 3 is 2.00 bits per heavy atom. The van der Waals surface area contributed by atoms with Crippen LogP contribution in [0.15, 0.2) is 24.3 Å². The first-order valence-electron chi connectivity index (χ1n) is 11.2. The first-order chi connectivity index (χ1) is 15.9. The number of piperazine rings is 1. The average molecular weight is 479 g/mol. The summed E-state index contributed by atoms with van der Waals surface area (Å²) in [7, 11) is 4.86. The summed E-state index contributed by atoms with van der Waals surface area (Å²) in [6.45, 7) is 8.60. The molecule has 1 saturated heterocycles. The smallest absolute Gasteiger partial charge is 0.203 e. The van der Waals surface area contributed by atoms with Crippen molar-refractivity contribution in [1.29, 1.82) is 0 Å². The van der Waals surface area contributed by atoms with E-state index in [4.69, 9.17) is 30.5 Å². The molecule has 1 heterocycles. The number of aryl methyl sites for hydroxylation is 2. The number of rotatable bonds is 10. The lowest BCUT2D eigenvalue weighted by atomic mass is 10.1. The van der Waals surface area contributed by atoms with Crippen molar-refractivity contribution in [1.82, 2.24) is 4.90 Å². The van der Waals surface area contributed by atoms with Crippen LogP contribution in [0.2, 0.25) is 5.02 Å². The summed E-state index contributed by atoms with van der Waals surface area (Å²) in [4.78, 5) is 4.68. The fraction of sp³-hybridized carbons (Fsp3) is 0.520. The fourth-order valence-electron chi connectivity index (χ4n) is 4.08. The largest absolute Gasteiger partial charge is 0.493 e. The minimum atomic E-state index is -0.519. The van der Waals surface area contributed by atoms with E-state index in [0.717, 1.165) is 60.3 Å². The Morgan fingerprint density at radius 1 is 0.909 bits per heavy atom. The first-order valence-corrected chi connectivity index (χ1v) is 11.6. The standard InChI is InChI=1S/C25H35ClN2O5/c1-17-12-21(13-18(2)24(17)26)33-16-20(29)6-7-27-8-10-28(11-9-27)19-14-22(30-3)25(32-5)23(15-19)31-4/h12-15,20,29H,6-11,16H2,1-5H3. The number of hydrogen-bond donors (Lipinski definition) is 1. The fourth-order valence-corrected chi connectivity index (χ4v) is 4.19. The van der Waals surface area contributed by atoms with Gasteiger partial charge in [-0.1, -0.05) is 11.6 Å². The Kier molecular flexibility index (Phi) is 8.95. The highest BCUT2D eigenvalue weighted by molar-refractivity contribution is 6.32. The minimum Gasteiger partial charge on any atom is -0.493 e. The van der Waals surface area contributed by atoms with E-state index in [1.165, 1.54) is 0 Å². The van der Waals surface area contributed by atoms with Gasteiger partial charge in [-0.25, -0.2) is 0 Å². The molecule has 1 N–H and O–H groups in total. The second-order valence-corrected chi connectivity index (χ2v) is 8.71. The normalized spacial score (nSPS) is 15.3. The third-order valence-corrected chi connectivity index (χ3v) is 6.61. The molecule has 3 rings (SSSR count). The van der Waals surface area contributed by atoms with Gasteiger partial charge in [0.2, 0.25) is 5.75 Å². The van der Waals surface area contributed by atoms with Gasteiger partial charge in [0.05, 0.1) is 27.4 Å². The van der Waals surface area contributed by atoms with Crippen LogP contribution in [0.25, 0.3) is 0 Å². The molecular formula is C25H35ClN2O5. The second-order valence-electron chi connectivity index (χ2n) is 8.34. The molecule has 182 valence electrons. The number of methoxy groups -OCH3 is 3. The highest BCUT2D eigenvalue weighted by atomic mass is 35.5. The molecule has 1 fully saturated rings. The van der Waals surface area contributed by atoms with Crippen LogP contribution in [0.1, 0.15) is 17.5 Å².